The van der Waals surface area contributed by atoms with E-state index < -0.39 is 0 Å². The normalized spacial score (nSPS) is 13.9. The number of aromatic nitrogens is 2. The molecule has 29 heavy (non-hydrogen) atoms. The number of nitrogens with two attached hydrogens (primary N) is 1. The number of halogens is 2. The van der Waals surface area contributed by atoms with Crippen molar-refractivity contribution in [1.29, 1.82) is 0 Å². The van der Waals surface area contributed by atoms with Gasteiger partial charge in [0.25, 0.3) is 0 Å². The van der Waals surface area contributed by atoms with Crippen molar-refractivity contribution in [2.45, 2.75) is 0 Å². The van der Waals surface area contributed by atoms with Gasteiger partial charge in [0.15, 0.2) is 0 Å². The van der Waals surface area contributed by atoms with E-state index in [0.717, 1.165) is 30.5 Å². The van der Waals surface area contributed by atoms with Crippen LogP contribution in [-0.2, 0) is 4.74 Å². The van der Waals surface area contributed by atoms with E-state index in [4.69, 9.17) is 48.1 Å². The third-order valence-electron chi connectivity index (χ3n) is 4.83. The number of hydrogen-bond donors (Lipinski definition) is 2. The summed E-state index contributed by atoms with van der Waals surface area (Å²) in [6, 6.07) is 5.31. The maximum atomic E-state index is 6.59. The average Bonchev–Trinajstić information content (AvgIpc) is 2.67. The van der Waals surface area contributed by atoms with E-state index in [0.29, 0.717) is 50.4 Å². The van der Waals surface area contributed by atoms with Gasteiger partial charge in [-0.1, -0.05) is 23.2 Å². The van der Waals surface area contributed by atoms with E-state index in [1.54, 1.807) is 18.3 Å². The van der Waals surface area contributed by atoms with E-state index in [1.165, 1.54) is 14.2 Å². The van der Waals surface area contributed by atoms with Crippen molar-refractivity contribution in [2.24, 2.45) is 5.92 Å². The van der Waals surface area contributed by atoms with Gasteiger partial charge >= 0.3 is 0 Å². The van der Waals surface area contributed by atoms with Crippen LogP contribution in [0.15, 0.2) is 24.4 Å². The molecule has 1 aromatic carbocycles. The zero-order chi connectivity index (χ0) is 20.5. The first-order valence-electron chi connectivity index (χ1n) is 9.00. The number of benzene rings is 1. The Morgan fingerprint density at radius 2 is 1.83 bits per heavy atom. The molecule has 0 unspecified atom stereocenters. The van der Waals surface area contributed by atoms with E-state index in [9.17, 15) is 0 Å². The number of nitrogen functional groups attached to an aromatic ring is 1. The van der Waals surface area contributed by atoms with Crippen molar-refractivity contribution in [3.8, 4) is 22.8 Å². The summed E-state index contributed by atoms with van der Waals surface area (Å²) in [5, 5.41) is 5.82. The highest BCUT2D eigenvalue weighted by molar-refractivity contribution is 6.41. The van der Waals surface area contributed by atoms with Gasteiger partial charge in [-0.15, -0.1) is 0 Å². The SMILES string of the molecule is COc1cc(OC)c(Cl)c(-c2cc3cnc(N)cc3c(NCC3COC3)n2)c1Cl. The predicted molar refractivity (Wildman–Crippen MR) is 115 cm³/mol. The Bertz CT molecular complexity index is 1050. The zero-order valence-corrected chi connectivity index (χ0v) is 17.5. The van der Waals surface area contributed by atoms with Crippen molar-refractivity contribution < 1.29 is 14.2 Å². The van der Waals surface area contributed by atoms with Gasteiger partial charge in [-0.05, 0) is 12.1 Å². The number of rotatable bonds is 6. The van der Waals surface area contributed by atoms with E-state index >= 15 is 0 Å². The minimum atomic E-state index is 0.354. The smallest absolute Gasteiger partial charge is 0.141 e. The fraction of sp³-hybridized carbons (Fsp3) is 0.300. The first kappa shape index (κ1) is 19.8. The second kappa shape index (κ2) is 8.10. The number of anilines is 2. The Kier molecular flexibility index (Phi) is 5.54. The zero-order valence-electron chi connectivity index (χ0n) is 16.0. The average molecular weight is 435 g/mol. The lowest BCUT2D eigenvalue weighted by Crippen LogP contribution is -2.33. The van der Waals surface area contributed by atoms with Crippen molar-refractivity contribution >= 4 is 45.6 Å². The lowest BCUT2D eigenvalue weighted by atomic mass is 10.1. The van der Waals surface area contributed by atoms with Gasteiger partial charge < -0.3 is 25.3 Å². The molecule has 0 atom stereocenters. The van der Waals surface area contributed by atoms with Crippen molar-refractivity contribution in [2.75, 3.05) is 45.0 Å². The van der Waals surface area contributed by atoms with E-state index in [-0.39, 0.29) is 0 Å². The van der Waals surface area contributed by atoms with Crippen LogP contribution in [0.1, 0.15) is 0 Å². The molecular weight excluding hydrogens is 415 g/mol. The maximum Gasteiger partial charge on any atom is 0.141 e. The van der Waals surface area contributed by atoms with Crippen LogP contribution < -0.4 is 20.5 Å². The summed E-state index contributed by atoms with van der Waals surface area (Å²) < 4.78 is 16.0. The summed E-state index contributed by atoms with van der Waals surface area (Å²) in [6.07, 6.45) is 1.70. The van der Waals surface area contributed by atoms with Gasteiger partial charge in [-0.3, -0.25) is 0 Å². The highest BCUT2D eigenvalue weighted by Crippen LogP contribution is 2.46. The summed E-state index contributed by atoms with van der Waals surface area (Å²) in [6.45, 7) is 2.20. The molecular formula is C20H20Cl2N4O3. The quantitative estimate of drug-likeness (QED) is 0.598. The van der Waals surface area contributed by atoms with Crippen molar-refractivity contribution in [3.05, 3.63) is 34.4 Å². The largest absolute Gasteiger partial charge is 0.495 e. The molecule has 9 heteroatoms. The molecule has 0 spiro atoms. The van der Waals surface area contributed by atoms with Crippen LogP contribution in [0.25, 0.3) is 22.0 Å². The van der Waals surface area contributed by atoms with Crippen LogP contribution in [0.4, 0.5) is 11.6 Å². The number of nitrogens with one attached hydrogen (secondary N) is 1. The summed E-state index contributed by atoms with van der Waals surface area (Å²) in [5.41, 5.74) is 7.00. The number of hydrogen-bond acceptors (Lipinski definition) is 7. The lowest BCUT2D eigenvalue weighted by molar-refractivity contribution is -0.0248. The molecule has 7 nitrogen and oxygen atoms in total. The van der Waals surface area contributed by atoms with Crippen molar-refractivity contribution in [1.82, 2.24) is 9.97 Å². The Labute approximate surface area is 178 Å². The third kappa shape index (κ3) is 3.73. The van der Waals surface area contributed by atoms with Gasteiger partial charge in [-0.2, -0.15) is 0 Å². The summed E-state index contributed by atoms with van der Waals surface area (Å²) in [4.78, 5) is 9.00. The van der Waals surface area contributed by atoms with Gasteiger partial charge in [0, 0.05) is 41.1 Å². The molecule has 4 rings (SSSR count). The number of methoxy groups -OCH3 is 2. The standard InChI is InChI=1S/C20H20Cl2N4O3/c1-27-14-5-15(28-2)19(22)17(18(14)21)13-3-11-7-24-16(23)4-12(11)20(26-13)25-6-10-8-29-9-10/h3-5,7,10H,6,8-9H2,1-2H3,(H2,23,24)(H,25,26). The molecule has 1 saturated heterocycles. The second-order valence-corrected chi connectivity index (χ2v) is 7.51. The number of nitrogens with zero attached hydrogens (tertiary/aromatic N) is 2. The van der Waals surface area contributed by atoms with Crippen LogP contribution in [0.2, 0.25) is 10.0 Å². The first-order valence-corrected chi connectivity index (χ1v) is 9.75. The molecule has 1 fully saturated rings. The molecule has 3 heterocycles. The molecule has 1 aliphatic heterocycles. The van der Waals surface area contributed by atoms with Crippen LogP contribution in [0.5, 0.6) is 11.5 Å². The van der Waals surface area contributed by atoms with Gasteiger partial charge in [0.1, 0.15) is 23.1 Å². The minimum absolute atomic E-state index is 0.354. The molecule has 2 aromatic heterocycles. The van der Waals surface area contributed by atoms with E-state index in [1.807, 2.05) is 6.07 Å². The van der Waals surface area contributed by atoms with Crippen molar-refractivity contribution in [3.63, 3.8) is 0 Å². The lowest BCUT2D eigenvalue weighted by Gasteiger charge is -2.26. The summed E-state index contributed by atoms with van der Waals surface area (Å²) >= 11 is 13.2. The van der Waals surface area contributed by atoms with Crippen LogP contribution >= 0.6 is 23.2 Å². The molecule has 0 amide bonds. The molecule has 3 N–H and O–H groups in total. The molecule has 0 aliphatic carbocycles. The van der Waals surface area contributed by atoms with Crippen LogP contribution in [0, 0.1) is 5.92 Å². The minimum Gasteiger partial charge on any atom is -0.495 e. The Hall–Kier alpha value is -2.48. The van der Waals surface area contributed by atoms with E-state index in [2.05, 4.69) is 10.3 Å². The first-order chi connectivity index (χ1) is 14.0. The Balaban J connectivity index is 1.89. The molecule has 0 radical (unpaired) electrons. The maximum absolute atomic E-state index is 6.59. The van der Waals surface area contributed by atoms with Gasteiger partial charge in [0.05, 0.1) is 43.2 Å². The van der Waals surface area contributed by atoms with Crippen LogP contribution in [0.3, 0.4) is 0 Å². The summed E-state index contributed by atoms with van der Waals surface area (Å²) in [5.74, 6) is 2.43. The number of fused-ring (bicyclic) bond motifs is 1. The topological polar surface area (TPSA) is 91.5 Å². The molecule has 3 aromatic rings. The fourth-order valence-corrected chi connectivity index (χ4v) is 3.87. The molecule has 0 saturated carbocycles. The highest BCUT2D eigenvalue weighted by atomic mass is 35.5. The molecule has 0 bridgehead atoms. The third-order valence-corrected chi connectivity index (χ3v) is 5.58. The highest BCUT2D eigenvalue weighted by Gasteiger charge is 2.22. The Morgan fingerprint density at radius 1 is 1.14 bits per heavy atom. The number of pyridine rings is 2. The van der Waals surface area contributed by atoms with Gasteiger partial charge in [0.2, 0.25) is 0 Å². The number of ether oxygens (including phenoxy) is 3. The van der Waals surface area contributed by atoms with Gasteiger partial charge in [-0.25, -0.2) is 9.97 Å². The molecule has 152 valence electrons. The monoisotopic (exact) mass is 434 g/mol. The second-order valence-electron chi connectivity index (χ2n) is 6.75. The fourth-order valence-electron chi connectivity index (χ4n) is 3.18. The van der Waals surface area contributed by atoms with Crippen LogP contribution in [-0.4, -0.2) is 43.9 Å². The Morgan fingerprint density at radius 3 is 2.41 bits per heavy atom. The molecule has 1 aliphatic rings. The summed E-state index contributed by atoms with van der Waals surface area (Å²) in [7, 11) is 3.07. The predicted octanol–water partition coefficient (Wildman–Crippen LogP) is 4.26.